The van der Waals surface area contributed by atoms with Crippen molar-refractivity contribution >= 4 is 11.6 Å². The summed E-state index contributed by atoms with van der Waals surface area (Å²) in [6, 6.07) is 7.54. The van der Waals surface area contributed by atoms with E-state index in [4.69, 9.17) is 21.6 Å². The van der Waals surface area contributed by atoms with Gasteiger partial charge in [0.25, 0.3) is 0 Å². The van der Waals surface area contributed by atoms with Crippen molar-refractivity contribution in [1.82, 2.24) is 0 Å². The molecule has 0 saturated carbocycles. The molecule has 0 atom stereocenters. The Hall–Kier alpha value is -1.20. The molecule has 0 N–H and O–H groups in total. The van der Waals surface area contributed by atoms with Gasteiger partial charge in [0.1, 0.15) is 5.75 Å². The van der Waals surface area contributed by atoms with Crippen molar-refractivity contribution in [1.29, 1.82) is 5.26 Å². The number of ether oxygens (including phenoxy) is 1. The highest BCUT2D eigenvalue weighted by Gasteiger charge is 2.08. The minimum atomic E-state index is 0.285. The second-order valence-corrected chi connectivity index (χ2v) is 4.16. The summed E-state index contributed by atoms with van der Waals surface area (Å²) in [5.74, 6) is 1.18. The molecule has 0 fully saturated rings. The van der Waals surface area contributed by atoms with Gasteiger partial charge >= 0.3 is 0 Å². The Morgan fingerprint density at radius 3 is 2.80 bits per heavy atom. The maximum absolute atomic E-state index is 8.68. The van der Waals surface area contributed by atoms with E-state index in [1.54, 1.807) is 6.07 Å². The number of rotatable bonds is 4. The molecule has 0 heterocycles. The SMILES string of the molecule is CC(C)COc1cccc(Cl)c1CC#N. The monoisotopic (exact) mass is 223 g/mol. The molecule has 0 saturated heterocycles. The molecule has 0 aliphatic rings. The third-order valence-electron chi connectivity index (χ3n) is 1.90. The lowest BCUT2D eigenvalue weighted by atomic mass is 10.1. The van der Waals surface area contributed by atoms with Gasteiger partial charge in [0.15, 0.2) is 0 Å². The van der Waals surface area contributed by atoms with E-state index in [9.17, 15) is 0 Å². The maximum Gasteiger partial charge on any atom is 0.125 e. The van der Waals surface area contributed by atoms with Crippen LogP contribution in [0.4, 0.5) is 0 Å². The van der Waals surface area contributed by atoms with E-state index in [-0.39, 0.29) is 6.42 Å². The van der Waals surface area contributed by atoms with E-state index in [0.717, 1.165) is 11.3 Å². The predicted octanol–water partition coefficient (Wildman–Crippen LogP) is 3.44. The smallest absolute Gasteiger partial charge is 0.125 e. The number of halogens is 1. The van der Waals surface area contributed by atoms with Gasteiger partial charge in [0.2, 0.25) is 0 Å². The molecule has 2 nitrogen and oxygen atoms in total. The topological polar surface area (TPSA) is 33.0 Å². The summed E-state index contributed by atoms with van der Waals surface area (Å²) < 4.78 is 5.60. The maximum atomic E-state index is 8.68. The molecule has 0 radical (unpaired) electrons. The summed E-state index contributed by atoms with van der Waals surface area (Å²) in [5.41, 5.74) is 0.780. The fourth-order valence-electron chi connectivity index (χ4n) is 1.18. The summed E-state index contributed by atoms with van der Waals surface area (Å²) in [5, 5.41) is 9.28. The molecule has 80 valence electrons. The number of nitrogens with zero attached hydrogens (tertiary/aromatic N) is 1. The average Bonchev–Trinajstić information content (AvgIpc) is 2.19. The van der Waals surface area contributed by atoms with Crippen molar-refractivity contribution in [3.63, 3.8) is 0 Å². The van der Waals surface area contributed by atoms with Gasteiger partial charge < -0.3 is 4.74 Å². The quantitative estimate of drug-likeness (QED) is 0.784. The Morgan fingerprint density at radius 2 is 2.20 bits per heavy atom. The fraction of sp³-hybridized carbons (Fsp3) is 0.417. The molecule has 0 aliphatic carbocycles. The van der Waals surface area contributed by atoms with Crippen molar-refractivity contribution in [2.45, 2.75) is 20.3 Å². The highest BCUT2D eigenvalue weighted by molar-refractivity contribution is 6.31. The number of hydrogen-bond acceptors (Lipinski definition) is 2. The van der Waals surface area contributed by atoms with E-state index >= 15 is 0 Å². The van der Waals surface area contributed by atoms with Crippen LogP contribution in [0, 0.1) is 17.2 Å². The molecule has 0 bridgehead atoms. The lowest BCUT2D eigenvalue weighted by Gasteiger charge is -2.12. The first kappa shape index (κ1) is 11.9. The van der Waals surface area contributed by atoms with Gasteiger partial charge in [-0.15, -0.1) is 0 Å². The minimum Gasteiger partial charge on any atom is -0.493 e. The Balaban J connectivity index is 2.86. The second kappa shape index (κ2) is 5.63. The van der Waals surface area contributed by atoms with Crippen LogP contribution in [0.25, 0.3) is 0 Å². The molecule has 0 aromatic heterocycles. The van der Waals surface area contributed by atoms with Crippen LogP contribution >= 0.6 is 11.6 Å². The van der Waals surface area contributed by atoms with E-state index in [0.29, 0.717) is 17.5 Å². The van der Waals surface area contributed by atoms with Gasteiger partial charge in [-0.3, -0.25) is 0 Å². The standard InChI is InChI=1S/C12H14ClNO/c1-9(2)8-15-12-5-3-4-11(13)10(12)6-7-14/h3-5,9H,6,8H2,1-2H3. The zero-order valence-corrected chi connectivity index (χ0v) is 9.71. The van der Waals surface area contributed by atoms with Crippen molar-refractivity contribution in [3.05, 3.63) is 28.8 Å². The fourth-order valence-corrected chi connectivity index (χ4v) is 1.41. The number of benzene rings is 1. The van der Waals surface area contributed by atoms with Gasteiger partial charge in [-0.2, -0.15) is 5.26 Å². The Kier molecular flexibility index (Phi) is 4.45. The van der Waals surface area contributed by atoms with Gasteiger partial charge in [-0.1, -0.05) is 31.5 Å². The van der Waals surface area contributed by atoms with Crippen LogP contribution in [0.3, 0.4) is 0 Å². The first-order valence-corrected chi connectivity index (χ1v) is 5.30. The highest BCUT2D eigenvalue weighted by atomic mass is 35.5. The molecule has 0 amide bonds. The van der Waals surface area contributed by atoms with Crippen LogP contribution in [0.5, 0.6) is 5.75 Å². The van der Waals surface area contributed by atoms with Crippen LogP contribution in [0.2, 0.25) is 5.02 Å². The van der Waals surface area contributed by atoms with Gasteiger partial charge in [-0.25, -0.2) is 0 Å². The summed E-state index contributed by atoms with van der Waals surface area (Å²) in [6.45, 7) is 4.79. The van der Waals surface area contributed by atoms with E-state index in [2.05, 4.69) is 19.9 Å². The van der Waals surface area contributed by atoms with Crippen LogP contribution in [0.15, 0.2) is 18.2 Å². The molecule has 0 aliphatic heterocycles. The summed E-state index contributed by atoms with van der Waals surface area (Å²) in [4.78, 5) is 0. The zero-order valence-electron chi connectivity index (χ0n) is 8.96. The average molecular weight is 224 g/mol. The summed E-state index contributed by atoms with van der Waals surface area (Å²) >= 11 is 5.99. The number of nitriles is 1. The molecule has 15 heavy (non-hydrogen) atoms. The van der Waals surface area contributed by atoms with Crippen molar-refractivity contribution in [3.8, 4) is 11.8 Å². The van der Waals surface area contributed by atoms with Crippen molar-refractivity contribution in [2.24, 2.45) is 5.92 Å². The zero-order chi connectivity index (χ0) is 11.3. The van der Waals surface area contributed by atoms with E-state index in [1.807, 2.05) is 12.1 Å². The first-order valence-electron chi connectivity index (χ1n) is 4.92. The van der Waals surface area contributed by atoms with E-state index in [1.165, 1.54) is 0 Å². The Morgan fingerprint density at radius 1 is 1.47 bits per heavy atom. The minimum absolute atomic E-state index is 0.285. The van der Waals surface area contributed by atoms with Crippen molar-refractivity contribution in [2.75, 3.05) is 6.61 Å². The molecular formula is C12H14ClNO. The predicted molar refractivity (Wildman–Crippen MR) is 61.1 cm³/mol. The Labute approximate surface area is 95.4 Å². The first-order chi connectivity index (χ1) is 7.15. The lowest BCUT2D eigenvalue weighted by molar-refractivity contribution is 0.269. The third kappa shape index (κ3) is 3.45. The highest BCUT2D eigenvalue weighted by Crippen LogP contribution is 2.27. The molecule has 3 heteroatoms. The molecule has 1 aromatic rings. The van der Waals surface area contributed by atoms with Gasteiger partial charge in [0, 0.05) is 10.6 Å². The van der Waals surface area contributed by atoms with E-state index < -0.39 is 0 Å². The van der Waals surface area contributed by atoms with Crippen LogP contribution in [0.1, 0.15) is 19.4 Å². The van der Waals surface area contributed by atoms with Crippen LogP contribution in [-0.2, 0) is 6.42 Å². The largest absolute Gasteiger partial charge is 0.493 e. The van der Waals surface area contributed by atoms with Crippen molar-refractivity contribution < 1.29 is 4.74 Å². The molecular weight excluding hydrogens is 210 g/mol. The van der Waals surface area contributed by atoms with Crippen LogP contribution in [-0.4, -0.2) is 6.61 Å². The van der Waals surface area contributed by atoms with Gasteiger partial charge in [0.05, 0.1) is 19.1 Å². The third-order valence-corrected chi connectivity index (χ3v) is 2.26. The second-order valence-electron chi connectivity index (χ2n) is 3.76. The lowest BCUT2D eigenvalue weighted by Crippen LogP contribution is -2.06. The Bertz CT molecular complexity index is 368. The molecule has 1 aromatic carbocycles. The summed E-state index contributed by atoms with van der Waals surface area (Å²) in [6.07, 6.45) is 0.285. The molecule has 0 spiro atoms. The molecule has 1 rings (SSSR count). The van der Waals surface area contributed by atoms with Crippen LogP contribution < -0.4 is 4.74 Å². The van der Waals surface area contributed by atoms with Gasteiger partial charge in [-0.05, 0) is 18.1 Å². The molecule has 0 unspecified atom stereocenters. The summed E-state index contributed by atoms with van der Waals surface area (Å²) in [7, 11) is 0. The normalized spacial score (nSPS) is 10.1. The number of hydrogen-bond donors (Lipinski definition) is 0.